The third-order valence-electron chi connectivity index (χ3n) is 4.61. The lowest BCUT2D eigenvalue weighted by Gasteiger charge is -2.21. The van der Waals surface area contributed by atoms with E-state index in [0.29, 0.717) is 31.1 Å². The summed E-state index contributed by atoms with van der Waals surface area (Å²) in [5.74, 6) is 1.33. The summed E-state index contributed by atoms with van der Waals surface area (Å²) in [5, 5.41) is 0. The monoisotopic (exact) mass is 486 g/mol. The van der Waals surface area contributed by atoms with Gasteiger partial charge in [-0.3, -0.25) is 0 Å². The predicted octanol–water partition coefficient (Wildman–Crippen LogP) is 5.92. The van der Waals surface area contributed by atoms with Crippen LogP contribution < -0.4 is 4.74 Å². The lowest BCUT2D eigenvalue weighted by atomic mass is 10.1. The fourth-order valence-electron chi connectivity index (χ4n) is 2.95. The molecule has 0 amide bonds. The van der Waals surface area contributed by atoms with Crippen molar-refractivity contribution in [2.75, 3.05) is 32.2 Å². The minimum absolute atomic E-state index is 0.102. The summed E-state index contributed by atoms with van der Waals surface area (Å²) in [4.78, 5) is 12.6. The normalized spacial score (nSPS) is 15.0. The summed E-state index contributed by atoms with van der Waals surface area (Å²) in [6.07, 6.45) is 0.459. The summed E-state index contributed by atoms with van der Waals surface area (Å²) >= 11 is 1.63. The zero-order valence-electron chi connectivity index (χ0n) is 18.8. The van der Waals surface area contributed by atoms with Gasteiger partial charge in [-0.15, -0.1) is 18.3 Å². The standard InChI is InChI=1S/C24H29F3O5S/c1-4-12-30-20(14-31-19-8-6-18(7-9-19)24(25,26)27)16-33-21-10-11-22(17(3)13-21)32-15-23(28)29-5-2/h4,6-9,13,20H,1,5,10-12,14-16H2,2-3H3. The van der Waals surface area contributed by atoms with Crippen LogP contribution in [-0.2, 0) is 25.2 Å². The molecular formula is C24H29F3O5S. The Hall–Kier alpha value is -2.39. The van der Waals surface area contributed by atoms with E-state index in [1.165, 1.54) is 12.1 Å². The Labute approximate surface area is 196 Å². The zero-order chi connectivity index (χ0) is 24.3. The molecule has 0 aliphatic heterocycles. The zero-order valence-corrected chi connectivity index (χ0v) is 19.6. The molecule has 1 aliphatic carbocycles. The molecule has 1 aromatic carbocycles. The highest BCUT2D eigenvalue weighted by molar-refractivity contribution is 8.03. The highest BCUT2D eigenvalue weighted by atomic mass is 32.2. The molecule has 5 nitrogen and oxygen atoms in total. The molecule has 0 heterocycles. The molecule has 1 unspecified atom stereocenters. The molecular weight excluding hydrogens is 457 g/mol. The average Bonchev–Trinajstić information content (AvgIpc) is 2.78. The number of carbonyl (C=O) groups is 1. The van der Waals surface area contributed by atoms with Crippen molar-refractivity contribution < 1.29 is 36.9 Å². The van der Waals surface area contributed by atoms with Crippen molar-refractivity contribution >= 4 is 17.7 Å². The van der Waals surface area contributed by atoms with Gasteiger partial charge in [0.15, 0.2) is 6.61 Å². The van der Waals surface area contributed by atoms with Gasteiger partial charge in [0.1, 0.15) is 24.2 Å². The maximum absolute atomic E-state index is 12.7. The first-order valence-corrected chi connectivity index (χ1v) is 11.6. The van der Waals surface area contributed by atoms with Crippen molar-refractivity contribution in [2.24, 2.45) is 0 Å². The van der Waals surface area contributed by atoms with Crippen LogP contribution >= 0.6 is 11.8 Å². The smallest absolute Gasteiger partial charge is 0.416 e. The molecule has 0 saturated heterocycles. The van der Waals surface area contributed by atoms with Crippen LogP contribution in [0.4, 0.5) is 13.2 Å². The maximum Gasteiger partial charge on any atom is 0.416 e. The molecule has 0 radical (unpaired) electrons. The van der Waals surface area contributed by atoms with E-state index in [9.17, 15) is 18.0 Å². The SMILES string of the molecule is C=CCOC(COc1ccc(C(F)(F)F)cc1)CSC1=CC(C)=C(OCC(=O)OCC)CC1. The van der Waals surface area contributed by atoms with Gasteiger partial charge in [0, 0.05) is 12.2 Å². The Morgan fingerprint density at radius 2 is 1.94 bits per heavy atom. The van der Waals surface area contributed by atoms with Gasteiger partial charge in [-0.25, -0.2) is 4.79 Å². The number of benzene rings is 1. The highest BCUT2D eigenvalue weighted by Crippen LogP contribution is 2.33. The number of rotatable bonds is 13. The summed E-state index contributed by atoms with van der Waals surface area (Å²) in [5.41, 5.74) is 0.237. The number of thioether (sulfide) groups is 1. The van der Waals surface area contributed by atoms with Crippen molar-refractivity contribution in [1.29, 1.82) is 0 Å². The largest absolute Gasteiger partial charge is 0.491 e. The van der Waals surface area contributed by atoms with Crippen molar-refractivity contribution in [3.05, 3.63) is 64.8 Å². The van der Waals surface area contributed by atoms with Crippen LogP contribution in [-0.4, -0.2) is 44.3 Å². The summed E-state index contributed by atoms with van der Waals surface area (Å²) in [7, 11) is 0. The lowest BCUT2D eigenvalue weighted by Crippen LogP contribution is -2.25. The third kappa shape index (κ3) is 9.55. The molecule has 1 aromatic rings. The quantitative estimate of drug-likeness (QED) is 0.255. The number of carbonyl (C=O) groups excluding carboxylic acids is 1. The van der Waals surface area contributed by atoms with Crippen LogP contribution in [0.1, 0.15) is 32.3 Å². The van der Waals surface area contributed by atoms with Gasteiger partial charge in [-0.05, 0) is 61.1 Å². The van der Waals surface area contributed by atoms with Gasteiger partial charge in [0.05, 0.1) is 18.8 Å². The third-order valence-corrected chi connectivity index (χ3v) is 5.84. The molecule has 1 aliphatic rings. The van der Waals surface area contributed by atoms with E-state index in [2.05, 4.69) is 6.58 Å². The molecule has 0 N–H and O–H groups in total. The van der Waals surface area contributed by atoms with E-state index in [1.54, 1.807) is 24.8 Å². The second-order valence-corrected chi connectivity index (χ2v) is 8.35. The van der Waals surface area contributed by atoms with E-state index in [4.69, 9.17) is 18.9 Å². The van der Waals surface area contributed by atoms with E-state index < -0.39 is 17.7 Å². The molecule has 9 heteroatoms. The van der Waals surface area contributed by atoms with Gasteiger partial charge in [0.2, 0.25) is 0 Å². The van der Waals surface area contributed by atoms with Crippen molar-refractivity contribution in [2.45, 2.75) is 39.0 Å². The van der Waals surface area contributed by atoms with Gasteiger partial charge in [-0.2, -0.15) is 13.2 Å². The van der Waals surface area contributed by atoms with Crippen LogP contribution in [0.15, 0.2) is 59.2 Å². The van der Waals surface area contributed by atoms with Gasteiger partial charge in [0.25, 0.3) is 0 Å². The maximum atomic E-state index is 12.7. The lowest BCUT2D eigenvalue weighted by molar-refractivity contribution is -0.147. The van der Waals surface area contributed by atoms with E-state index in [-0.39, 0.29) is 19.3 Å². The Morgan fingerprint density at radius 3 is 2.55 bits per heavy atom. The Kier molecular flexibility index (Phi) is 10.9. The second-order valence-electron chi connectivity index (χ2n) is 7.20. The highest BCUT2D eigenvalue weighted by Gasteiger charge is 2.30. The number of alkyl halides is 3. The Bertz CT molecular complexity index is 847. The molecule has 2 rings (SSSR count). The van der Waals surface area contributed by atoms with Crippen LogP contribution in [0.3, 0.4) is 0 Å². The van der Waals surface area contributed by atoms with Crippen molar-refractivity contribution in [3.63, 3.8) is 0 Å². The summed E-state index contributed by atoms with van der Waals surface area (Å²) in [6.45, 7) is 8.08. The molecule has 1 atom stereocenters. The first-order chi connectivity index (χ1) is 15.7. The molecule has 0 fully saturated rings. The van der Waals surface area contributed by atoms with Crippen LogP contribution in [0.2, 0.25) is 0 Å². The second kappa shape index (κ2) is 13.3. The number of esters is 1. The van der Waals surface area contributed by atoms with Crippen molar-refractivity contribution in [3.8, 4) is 5.75 Å². The number of hydrogen-bond acceptors (Lipinski definition) is 6. The number of hydrogen-bond donors (Lipinski definition) is 0. The molecule has 182 valence electrons. The van der Waals surface area contributed by atoms with Crippen LogP contribution in [0, 0.1) is 0 Å². The number of ether oxygens (including phenoxy) is 4. The fourth-order valence-corrected chi connectivity index (χ4v) is 4.05. The van der Waals surface area contributed by atoms with Gasteiger partial charge < -0.3 is 18.9 Å². The Morgan fingerprint density at radius 1 is 1.21 bits per heavy atom. The summed E-state index contributed by atoms with van der Waals surface area (Å²) in [6, 6.07) is 4.59. The fraction of sp³-hybridized carbons (Fsp3) is 0.458. The van der Waals surface area contributed by atoms with Crippen LogP contribution in [0.5, 0.6) is 5.75 Å². The molecule has 0 aromatic heterocycles. The number of allylic oxidation sites excluding steroid dienone is 4. The first-order valence-electron chi connectivity index (χ1n) is 10.6. The summed E-state index contributed by atoms with van der Waals surface area (Å²) < 4.78 is 60.0. The molecule has 0 bridgehead atoms. The molecule has 33 heavy (non-hydrogen) atoms. The van der Waals surface area contributed by atoms with Gasteiger partial charge >= 0.3 is 12.1 Å². The first kappa shape index (κ1) is 26.9. The van der Waals surface area contributed by atoms with Gasteiger partial charge in [-0.1, -0.05) is 6.08 Å². The Balaban J connectivity index is 1.89. The molecule has 0 spiro atoms. The van der Waals surface area contributed by atoms with Crippen molar-refractivity contribution in [1.82, 2.24) is 0 Å². The minimum Gasteiger partial charge on any atom is -0.491 e. The topological polar surface area (TPSA) is 54.0 Å². The van der Waals surface area contributed by atoms with E-state index >= 15 is 0 Å². The molecule has 0 saturated carbocycles. The van der Waals surface area contributed by atoms with Crippen LogP contribution in [0.25, 0.3) is 0 Å². The predicted molar refractivity (Wildman–Crippen MR) is 122 cm³/mol. The average molecular weight is 487 g/mol. The van der Waals surface area contributed by atoms with E-state index in [0.717, 1.165) is 34.8 Å². The minimum atomic E-state index is -4.38. The van der Waals surface area contributed by atoms with E-state index in [1.807, 2.05) is 13.0 Å². The number of halogens is 3.